The molecule has 0 radical (unpaired) electrons. The summed E-state index contributed by atoms with van der Waals surface area (Å²) in [4.78, 5) is 0. The lowest BCUT2D eigenvalue weighted by atomic mass is 10.2. The molecule has 1 rings (SSSR count). The molecule has 0 bridgehead atoms. The molecule has 0 aliphatic rings. The van der Waals surface area contributed by atoms with Crippen LogP contribution in [0.5, 0.6) is 5.75 Å². The van der Waals surface area contributed by atoms with Crippen molar-refractivity contribution in [1.82, 2.24) is 0 Å². The monoisotopic (exact) mass is 316 g/mol. The Balaban J connectivity index is 2.96. The zero-order chi connectivity index (χ0) is 13.3. The molecule has 0 atom stereocenters. The van der Waals surface area contributed by atoms with Crippen LogP contribution < -0.4 is 4.43 Å². The standard InChI is InChI=1S/C13H21BrO2Si/c1-13(2,3)17(4,5)16-11-6-7-12(14)10(8-11)9-15/h6-8,15H,9H2,1-5H3. The second-order valence-electron chi connectivity index (χ2n) is 5.77. The Morgan fingerprint density at radius 2 is 1.88 bits per heavy atom. The van der Waals surface area contributed by atoms with Crippen molar-refractivity contribution >= 4 is 24.2 Å². The Labute approximate surface area is 113 Å². The summed E-state index contributed by atoms with van der Waals surface area (Å²) in [5.41, 5.74) is 0.862. The van der Waals surface area contributed by atoms with Crippen LogP contribution in [-0.4, -0.2) is 13.4 Å². The third kappa shape index (κ3) is 3.57. The zero-order valence-corrected chi connectivity index (χ0v) is 13.8. The van der Waals surface area contributed by atoms with E-state index in [-0.39, 0.29) is 11.6 Å². The van der Waals surface area contributed by atoms with Gasteiger partial charge in [0.05, 0.1) is 6.61 Å². The summed E-state index contributed by atoms with van der Waals surface area (Å²) in [6.45, 7) is 11.1. The Morgan fingerprint density at radius 1 is 1.29 bits per heavy atom. The summed E-state index contributed by atoms with van der Waals surface area (Å²) in [5.74, 6) is 0.851. The molecule has 0 spiro atoms. The zero-order valence-electron chi connectivity index (χ0n) is 11.2. The lowest BCUT2D eigenvalue weighted by molar-refractivity contribution is 0.280. The maximum atomic E-state index is 9.23. The predicted octanol–water partition coefficient (Wildman–Crippen LogP) is 4.33. The lowest BCUT2D eigenvalue weighted by Crippen LogP contribution is -2.43. The van der Waals surface area contributed by atoms with Gasteiger partial charge in [-0.25, -0.2) is 0 Å². The van der Waals surface area contributed by atoms with Crippen LogP contribution >= 0.6 is 15.9 Å². The van der Waals surface area contributed by atoms with Crippen LogP contribution in [0.3, 0.4) is 0 Å². The molecular weight excluding hydrogens is 296 g/mol. The molecule has 2 nitrogen and oxygen atoms in total. The fourth-order valence-corrected chi connectivity index (χ4v) is 2.58. The van der Waals surface area contributed by atoms with Gasteiger partial charge >= 0.3 is 0 Å². The Hall–Kier alpha value is -0.323. The number of hydrogen-bond acceptors (Lipinski definition) is 2. The number of rotatable bonds is 3. The Bertz CT molecular complexity index is 397. The summed E-state index contributed by atoms with van der Waals surface area (Å²) in [6, 6.07) is 5.78. The van der Waals surface area contributed by atoms with E-state index < -0.39 is 8.32 Å². The van der Waals surface area contributed by atoms with Crippen molar-refractivity contribution in [2.75, 3.05) is 0 Å². The number of aliphatic hydroxyl groups excluding tert-OH is 1. The molecule has 0 heterocycles. The summed E-state index contributed by atoms with van der Waals surface area (Å²) >= 11 is 3.41. The second kappa shape index (κ2) is 5.12. The van der Waals surface area contributed by atoms with Crippen molar-refractivity contribution < 1.29 is 9.53 Å². The van der Waals surface area contributed by atoms with E-state index >= 15 is 0 Å². The lowest BCUT2D eigenvalue weighted by Gasteiger charge is -2.36. The van der Waals surface area contributed by atoms with Crippen molar-refractivity contribution in [2.24, 2.45) is 0 Å². The van der Waals surface area contributed by atoms with Gasteiger partial charge in [0, 0.05) is 4.47 Å². The van der Waals surface area contributed by atoms with E-state index in [1.165, 1.54) is 0 Å². The minimum atomic E-state index is -1.80. The number of benzene rings is 1. The Morgan fingerprint density at radius 3 is 2.35 bits per heavy atom. The third-order valence-corrected chi connectivity index (χ3v) is 8.50. The molecule has 0 fully saturated rings. The SMILES string of the molecule is CC(C)(C)[Si](C)(C)Oc1ccc(Br)c(CO)c1. The molecule has 0 aliphatic carbocycles. The summed E-state index contributed by atoms with van der Waals surface area (Å²) in [7, 11) is -1.80. The number of hydrogen-bond donors (Lipinski definition) is 1. The average molecular weight is 317 g/mol. The first kappa shape index (κ1) is 14.7. The first-order valence-electron chi connectivity index (χ1n) is 5.76. The topological polar surface area (TPSA) is 29.5 Å². The van der Waals surface area contributed by atoms with Gasteiger partial charge in [-0.3, -0.25) is 0 Å². The highest BCUT2D eigenvalue weighted by molar-refractivity contribution is 9.10. The first-order valence-corrected chi connectivity index (χ1v) is 9.46. The fourth-order valence-electron chi connectivity index (χ4n) is 1.18. The highest BCUT2D eigenvalue weighted by Gasteiger charge is 2.38. The molecule has 0 saturated carbocycles. The summed E-state index contributed by atoms with van der Waals surface area (Å²) in [6.07, 6.45) is 0. The average Bonchev–Trinajstić information content (AvgIpc) is 2.19. The third-order valence-electron chi connectivity index (χ3n) is 3.37. The molecule has 0 aromatic heterocycles. The van der Waals surface area contributed by atoms with Crippen LogP contribution in [0.2, 0.25) is 18.1 Å². The van der Waals surface area contributed by atoms with E-state index in [0.717, 1.165) is 15.8 Å². The van der Waals surface area contributed by atoms with E-state index in [4.69, 9.17) is 4.43 Å². The maximum Gasteiger partial charge on any atom is 0.250 e. The minimum absolute atomic E-state index is 0.0231. The van der Waals surface area contributed by atoms with Gasteiger partial charge < -0.3 is 9.53 Å². The molecule has 17 heavy (non-hydrogen) atoms. The Kier molecular flexibility index (Phi) is 4.44. The normalized spacial score (nSPS) is 12.6. The van der Waals surface area contributed by atoms with Crippen LogP contribution in [0.1, 0.15) is 26.3 Å². The van der Waals surface area contributed by atoms with Gasteiger partial charge in [0.25, 0.3) is 0 Å². The van der Waals surface area contributed by atoms with E-state index in [9.17, 15) is 5.11 Å². The van der Waals surface area contributed by atoms with Crippen LogP contribution in [0, 0.1) is 0 Å². The maximum absolute atomic E-state index is 9.23. The van der Waals surface area contributed by atoms with Crippen molar-refractivity contribution in [1.29, 1.82) is 0 Å². The predicted molar refractivity (Wildman–Crippen MR) is 77.9 cm³/mol. The highest BCUT2D eigenvalue weighted by atomic mass is 79.9. The van der Waals surface area contributed by atoms with Crippen molar-refractivity contribution in [2.45, 2.75) is 45.5 Å². The van der Waals surface area contributed by atoms with Gasteiger partial charge in [0.1, 0.15) is 5.75 Å². The molecule has 1 N–H and O–H groups in total. The summed E-state index contributed by atoms with van der Waals surface area (Å²) in [5, 5.41) is 9.41. The van der Waals surface area contributed by atoms with Gasteiger partial charge in [-0.1, -0.05) is 36.7 Å². The van der Waals surface area contributed by atoms with Crippen LogP contribution in [0.15, 0.2) is 22.7 Å². The largest absolute Gasteiger partial charge is 0.543 e. The number of aliphatic hydroxyl groups is 1. The fraction of sp³-hybridized carbons (Fsp3) is 0.538. The first-order chi connectivity index (χ1) is 7.67. The van der Waals surface area contributed by atoms with Gasteiger partial charge in [0.2, 0.25) is 8.32 Å². The van der Waals surface area contributed by atoms with Crippen LogP contribution in [-0.2, 0) is 6.61 Å². The molecule has 96 valence electrons. The van der Waals surface area contributed by atoms with Gasteiger partial charge in [0.15, 0.2) is 0 Å². The molecular formula is C13H21BrO2Si. The van der Waals surface area contributed by atoms with Crippen molar-refractivity contribution in [3.8, 4) is 5.75 Å². The van der Waals surface area contributed by atoms with Gasteiger partial charge in [-0.15, -0.1) is 0 Å². The van der Waals surface area contributed by atoms with Crippen LogP contribution in [0.4, 0.5) is 0 Å². The summed E-state index contributed by atoms with van der Waals surface area (Å²) < 4.78 is 7.09. The van der Waals surface area contributed by atoms with E-state index in [1.807, 2.05) is 18.2 Å². The molecule has 1 aromatic carbocycles. The molecule has 0 saturated heterocycles. The second-order valence-corrected chi connectivity index (χ2v) is 11.4. The van der Waals surface area contributed by atoms with Gasteiger partial charge in [-0.05, 0) is 41.9 Å². The van der Waals surface area contributed by atoms with Gasteiger partial charge in [-0.2, -0.15) is 0 Å². The highest BCUT2D eigenvalue weighted by Crippen LogP contribution is 2.37. The smallest absolute Gasteiger partial charge is 0.250 e. The number of halogens is 1. The molecule has 0 unspecified atom stereocenters. The van der Waals surface area contributed by atoms with E-state index in [2.05, 4.69) is 49.8 Å². The molecule has 1 aromatic rings. The van der Waals surface area contributed by atoms with E-state index in [0.29, 0.717) is 0 Å². The van der Waals surface area contributed by atoms with E-state index in [1.54, 1.807) is 0 Å². The van der Waals surface area contributed by atoms with Crippen molar-refractivity contribution in [3.63, 3.8) is 0 Å². The van der Waals surface area contributed by atoms with Crippen molar-refractivity contribution in [3.05, 3.63) is 28.2 Å². The quantitative estimate of drug-likeness (QED) is 0.841. The molecule has 0 aliphatic heterocycles. The minimum Gasteiger partial charge on any atom is -0.543 e. The molecule has 0 amide bonds. The van der Waals surface area contributed by atoms with Crippen LogP contribution in [0.25, 0.3) is 0 Å². The molecule has 4 heteroatoms.